The van der Waals surface area contributed by atoms with Crippen molar-refractivity contribution in [2.75, 3.05) is 26.2 Å². The van der Waals surface area contributed by atoms with Crippen LogP contribution in [0.15, 0.2) is 24.3 Å². The Morgan fingerprint density at radius 2 is 1.75 bits per heavy atom. The topological polar surface area (TPSA) is 107 Å². The predicted octanol–water partition coefficient (Wildman–Crippen LogP) is 1.59. The van der Waals surface area contributed by atoms with Gasteiger partial charge in [0.2, 0.25) is 11.8 Å². The van der Waals surface area contributed by atoms with Gasteiger partial charge < -0.3 is 20.8 Å². The first kappa shape index (κ1) is 23.5. The third kappa shape index (κ3) is 4.80. The van der Waals surface area contributed by atoms with E-state index in [9.17, 15) is 19.8 Å². The molecule has 4 aliphatic rings. The Balaban J connectivity index is 1.38. The van der Waals surface area contributed by atoms with Gasteiger partial charge in [0.15, 0.2) is 0 Å². The number of allylic oxidation sites excluding steroid dienone is 2. The summed E-state index contributed by atoms with van der Waals surface area (Å²) in [5.41, 5.74) is 4.39. The average molecular weight is 446 g/mol. The number of carbonyl (C=O) groups is 2. The third-order valence-electron chi connectivity index (χ3n) is 8.44. The lowest BCUT2D eigenvalue weighted by Gasteiger charge is -2.47. The van der Waals surface area contributed by atoms with Crippen molar-refractivity contribution in [2.24, 2.45) is 23.5 Å². The fourth-order valence-electron chi connectivity index (χ4n) is 6.71. The van der Waals surface area contributed by atoms with Gasteiger partial charge in [0, 0.05) is 31.7 Å². The van der Waals surface area contributed by atoms with E-state index in [1.807, 2.05) is 11.0 Å². The molecule has 2 heterocycles. The largest absolute Gasteiger partial charge is 0.387 e. The summed E-state index contributed by atoms with van der Waals surface area (Å²) in [5.74, 6) is -0.795. The standard InChI is InChI=1S/C25H39N3O4/c26-24(31)22-8-4-5-11-25(22,32)19-14-20-9-10-21(15-19)28(20)13-12-27(23(30)17-29)16-18-6-2-1-3-7-18/h4-5,8,11,18-22,29,32H,1-3,6-7,9-10,12-17H2,(H2,26,31). The Morgan fingerprint density at radius 3 is 2.38 bits per heavy atom. The summed E-state index contributed by atoms with van der Waals surface area (Å²) >= 11 is 0. The normalized spacial score (nSPS) is 35.2. The number of amides is 2. The number of carbonyl (C=O) groups excluding carboxylic acids is 2. The zero-order valence-corrected chi connectivity index (χ0v) is 19.1. The minimum Gasteiger partial charge on any atom is -0.387 e. The molecule has 2 amide bonds. The zero-order chi connectivity index (χ0) is 22.7. The maximum Gasteiger partial charge on any atom is 0.248 e. The molecule has 0 spiro atoms. The van der Waals surface area contributed by atoms with Crippen molar-refractivity contribution >= 4 is 11.8 Å². The Bertz CT molecular complexity index is 733. The number of nitrogens with zero attached hydrogens (tertiary/aromatic N) is 2. The molecule has 1 saturated carbocycles. The van der Waals surface area contributed by atoms with Crippen LogP contribution in [0.25, 0.3) is 0 Å². The molecule has 7 nitrogen and oxygen atoms in total. The van der Waals surface area contributed by atoms with Crippen molar-refractivity contribution in [1.82, 2.24) is 9.80 Å². The van der Waals surface area contributed by atoms with E-state index in [1.165, 1.54) is 32.1 Å². The number of fused-ring (bicyclic) bond motifs is 2. The van der Waals surface area contributed by atoms with Crippen LogP contribution < -0.4 is 5.73 Å². The van der Waals surface area contributed by atoms with Gasteiger partial charge in [-0.3, -0.25) is 14.5 Å². The van der Waals surface area contributed by atoms with Crippen molar-refractivity contribution < 1.29 is 19.8 Å². The summed E-state index contributed by atoms with van der Waals surface area (Å²) in [4.78, 5) is 28.8. The molecule has 32 heavy (non-hydrogen) atoms. The highest BCUT2D eigenvalue weighted by molar-refractivity contribution is 5.81. The molecule has 3 fully saturated rings. The molecule has 0 radical (unpaired) electrons. The maximum atomic E-state index is 12.4. The zero-order valence-electron chi connectivity index (χ0n) is 19.1. The molecule has 4 atom stereocenters. The molecule has 4 N–H and O–H groups in total. The van der Waals surface area contributed by atoms with E-state index < -0.39 is 24.0 Å². The van der Waals surface area contributed by atoms with Crippen LogP contribution in [0.3, 0.4) is 0 Å². The van der Waals surface area contributed by atoms with Crippen LogP contribution in [0.4, 0.5) is 0 Å². The molecule has 2 aliphatic heterocycles. The Hall–Kier alpha value is -1.70. The molecule has 2 bridgehead atoms. The van der Waals surface area contributed by atoms with Gasteiger partial charge in [-0.15, -0.1) is 0 Å². The number of aliphatic hydroxyl groups is 2. The summed E-state index contributed by atoms with van der Waals surface area (Å²) in [6.45, 7) is 1.77. The molecular weight excluding hydrogens is 406 g/mol. The molecule has 0 aromatic heterocycles. The van der Waals surface area contributed by atoms with Crippen molar-refractivity contribution in [2.45, 2.75) is 75.5 Å². The molecule has 7 heteroatoms. The van der Waals surface area contributed by atoms with Crippen molar-refractivity contribution in [3.05, 3.63) is 24.3 Å². The van der Waals surface area contributed by atoms with Crippen LogP contribution in [0.5, 0.6) is 0 Å². The van der Waals surface area contributed by atoms with Gasteiger partial charge >= 0.3 is 0 Å². The molecular formula is C25H39N3O4. The monoisotopic (exact) mass is 445 g/mol. The van der Waals surface area contributed by atoms with Crippen LogP contribution >= 0.6 is 0 Å². The van der Waals surface area contributed by atoms with Gasteiger partial charge in [0.05, 0.1) is 5.92 Å². The van der Waals surface area contributed by atoms with E-state index in [-0.39, 0.29) is 11.8 Å². The number of hydrogen-bond acceptors (Lipinski definition) is 5. The van der Waals surface area contributed by atoms with Crippen LogP contribution in [0.2, 0.25) is 0 Å². The van der Waals surface area contributed by atoms with E-state index in [1.54, 1.807) is 18.2 Å². The fraction of sp³-hybridized carbons (Fsp3) is 0.760. The lowest BCUT2D eigenvalue weighted by atomic mass is 9.69. The smallest absolute Gasteiger partial charge is 0.248 e. The Morgan fingerprint density at radius 1 is 1.06 bits per heavy atom. The van der Waals surface area contributed by atoms with E-state index in [0.717, 1.165) is 38.8 Å². The maximum absolute atomic E-state index is 12.4. The van der Waals surface area contributed by atoms with Crippen LogP contribution in [0, 0.1) is 17.8 Å². The Labute approximate surface area is 191 Å². The van der Waals surface area contributed by atoms with Crippen molar-refractivity contribution in [1.29, 1.82) is 0 Å². The summed E-state index contributed by atoms with van der Waals surface area (Å²) in [7, 11) is 0. The van der Waals surface area contributed by atoms with E-state index in [2.05, 4.69) is 4.90 Å². The van der Waals surface area contributed by atoms with Gasteiger partial charge in [-0.25, -0.2) is 0 Å². The second kappa shape index (κ2) is 10.1. The predicted molar refractivity (Wildman–Crippen MR) is 122 cm³/mol. The Kier molecular flexibility index (Phi) is 7.37. The molecule has 178 valence electrons. The lowest BCUT2D eigenvalue weighted by molar-refractivity contribution is -0.135. The van der Waals surface area contributed by atoms with E-state index in [0.29, 0.717) is 24.5 Å². The summed E-state index contributed by atoms with van der Waals surface area (Å²) in [6, 6.07) is 0.688. The number of piperidine rings is 1. The molecule has 0 aromatic carbocycles. The van der Waals surface area contributed by atoms with Crippen molar-refractivity contribution in [3.8, 4) is 0 Å². The molecule has 4 unspecified atom stereocenters. The lowest BCUT2D eigenvalue weighted by Crippen LogP contribution is -2.56. The van der Waals surface area contributed by atoms with Crippen molar-refractivity contribution in [3.63, 3.8) is 0 Å². The quantitative estimate of drug-likeness (QED) is 0.526. The first-order valence-electron chi connectivity index (χ1n) is 12.4. The highest BCUT2D eigenvalue weighted by atomic mass is 16.3. The number of nitrogens with two attached hydrogens (primary N) is 1. The van der Waals surface area contributed by atoms with Gasteiger partial charge in [-0.2, -0.15) is 0 Å². The number of hydrogen-bond donors (Lipinski definition) is 3. The van der Waals surface area contributed by atoms with Crippen LogP contribution in [-0.2, 0) is 9.59 Å². The minimum atomic E-state index is -1.21. The molecule has 2 saturated heterocycles. The third-order valence-corrected chi connectivity index (χ3v) is 8.44. The number of primary amides is 1. The highest BCUT2D eigenvalue weighted by Crippen LogP contribution is 2.46. The molecule has 0 aromatic rings. The van der Waals surface area contributed by atoms with Gasteiger partial charge in [0.1, 0.15) is 12.2 Å². The first-order valence-corrected chi connectivity index (χ1v) is 12.4. The number of aliphatic hydroxyl groups excluding tert-OH is 1. The average Bonchev–Trinajstić information content (AvgIpc) is 3.02. The fourth-order valence-corrected chi connectivity index (χ4v) is 6.71. The molecule has 4 rings (SSSR count). The number of rotatable bonds is 8. The van der Waals surface area contributed by atoms with Gasteiger partial charge in [-0.05, 0) is 50.4 Å². The van der Waals surface area contributed by atoms with Gasteiger partial charge in [-0.1, -0.05) is 43.6 Å². The SMILES string of the molecule is NC(=O)C1C=CC=CC1(O)C1CC2CCC(C1)N2CCN(CC1CCCCC1)C(=O)CO. The van der Waals surface area contributed by atoms with E-state index in [4.69, 9.17) is 5.73 Å². The van der Waals surface area contributed by atoms with Crippen LogP contribution in [-0.4, -0.2) is 75.8 Å². The highest BCUT2D eigenvalue weighted by Gasteiger charge is 2.51. The van der Waals surface area contributed by atoms with Gasteiger partial charge in [0.25, 0.3) is 0 Å². The second-order valence-electron chi connectivity index (χ2n) is 10.3. The summed E-state index contributed by atoms with van der Waals surface area (Å²) in [5, 5.41) is 20.9. The minimum absolute atomic E-state index is 0.00707. The second-order valence-corrected chi connectivity index (χ2v) is 10.3. The molecule has 2 aliphatic carbocycles. The summed E-state index contributed by atoms with van der Waals surface area (Å²) in [6.07, 6.45) is 17.0. The first-order chi connectivity index (χ1) is 15.4. The van der Waals surface area contributed by atoms with Crippen LogP contribution in [0.1, 0.15) is 57.8 Å². The van der Waals surface area contributed by atoms with E-state index >= 15 is 0 Å². The summed E-state index contributed by atoms with van der Waals surface area (Å²) < 4.78 is 0.